The van der Waals surface area contributed by atoms with E-state index in [1.807, 2.05) is 0 Å². The van der Waals surface area contributed by atoms with Gasteiger partial charge in [0.1, 0.15) is 5.56 Å². The molecule has 100 valence electrons. The molecule has 1 heterocycles. The van der Waals surface area contributed by atoms with E-state index in [4.69, 9.17) is 5.11 Å². The van der Waals surface area contributed by atoms with Gasteiger partial charge in [0, 0.05) is 11.9 Å². The first kappa shape index (κ1) is 12.9. The minimum Gasteiger partial charge on any atom is -0.478 e. The third-order valence-corrected chi connectivity index (χ3v) is 5.14. The fraction of sp³-hybridized carbons (Fsp3) is 0.545. The predicted octanol–water partition coefficient (Wildman–Crippen LogP) is 1.71. The second-order valence-corrected chi connectivity index (χ2v) is 6.52. The third-order valence-electron chi connectivity index (χ3n) is 3.28. The van der Waals surface area contributed by atoms with Crippen molar-refractivity contribution in [1.29, 1.82) is 0 Å². The van der Waals surface area contributed by atoms with Gasteiger partial charge in [0.25, 0.3) is 0 Å². The molecule has 0 atom stereocenters. The summed E-state index contributed by atoms with van der Waals surface area (Å²) in [4.78, 5) is 13.8. The number of carbonyl (C=O) groups is 1. The predicted molar refractivity (Wildman–Crippen MR) is 67.3 cm³/mol. The first-order valence-corrected chi connectivity index (χ1v) is 7.39. The van der Waals surface area contributed by atoms with Crippen molar-refractivity contribution in [3.8, 4) is 0 Å². The number of aromatic nitrogens is 1. The van der Waals surface area contributed by atoms with Crippen LogP contribution in [0, 0.1) is 6.92 Å². The SMILES string of the molecule is Cc1[nH]cc(NS(=O)(=O)C2CCCC2)c1C(=O)O. The summed E-state index contributed by atoms with van der Waals surface area (Å²) in [5, 5.41) is 8.63. The van der Waals surface area contributed by atoms with Gasteiger partial charge >= 0.3 is 5.97 Å². The maximum Gasteiger partial charge on any atom is 0.339 e. The minimum absolute atomic E-state index is 0.0171. The number of sulfonamides is 1. The Hall–Kier alpha value is -1.50. The molecule has 1 fully saturated rings. The van der Waals surface area contributed by atoms with Crippen LogP contribution >= 0.6 is 0 Å². The molecule has 0 amide bonds. The van der Waals surface area contributed by atoms with Crippen molar-refractivity contribution < 1.29 is 18.3 Å². The van der Waals surface area contributed by atoms with E-state index >= 15 is 0 Å². The molecule has 0 radical (unpaired) electrons. The molecule has 1 aliphatic carbocycles. The lowest BCUT2D eigenvalue weighted by atomic mass is 10.2. The lowest BCUT2D eigenvalue weighted by Gasteiger charge is -2.12. The maximum atomic E-state index is 12.1. The second kappa shape index (κ2) is 4.64. The number of aromatic amines is 1. The van der Waals surface area contributed by atoms with E-state index in [0.29, 0.717) is 18.5 Å². The van der Waals surface area contributed by atoms with Gasteiger partial charge in [0.05, 0.1) is 10.9 Å². The van der Waals surface area contributed by atoms with Crippen molar-refractivity contribution in [2.24, 2.45) is 0 Å². The molecular weight excluding hydrogens is 256 g/mol. The molecule has 0 aromatic carbocycles. The van der Waals surface area contributed by atoms with Crippen LogP contribution in [0.1, 0.15) is 41.7 Å². The average molecular weight is 272 g/mol. The Kier molecular flexibility index (Phi) is 3.34. The minimum atomic E-state index is -3.49. The van der Waals surface area contributed by atoms with Crippen LogP contribution in [0.5, 0.6) is 0 Å². The van der Waals surface area contributed by atoms with Gasteiger partial charge in [-0.25, -0.2) is 13.2 Å². The van der Waals surface area contributed by atoms with E-state index in [2.05, 4.69) is 9.71 Å². The summed E-state index contributed by atoms with van der Waals surface area (Å²) in [5.74, 6) is -1.14. The number of rotatable bonds is 4. The number of hydrogen-bond acceptors (Lipinski definition) is 3. The molecule has 1 aromatic heterocycles. The van der Waals surface area contributed by atoms with Gasteiger partial charge < -0.3 is 10.1 Å². The van der Waals surface area contributed by atoms with Gasteiger partial charge in [-0.3, -0.25) is 4.72 Å². The Morgan fingerprint density at radius 2 is 2.06 bits per heavy atom. The number of hydrogen-bond donors (Lipinski definition) is 3. The van der Waals surface area contributed by atoms with Gasteiger partial charge in [0.2, 0.25) is 10.0 Å². The van der Waals surface area contributed by atoms with Gasteiger partial charge in [-0.15, -0.1) is 0 Å². The first-order chi connectivity index (χ1) is 8.42. The monoisotopic (exact) mass is 272 g/mol. The van der Waals surface area contributed by atoms with Crippen molar-refractivity contribution in [2.75, 3.05) is 4.72 Å². The lowest BCUT2D eigenvalue weighted by Crippen LogP contribution is -2.25. The Balaban J connectivity index is 2.26. The Morgan fingerprint density at radius 1 is 1.44 bits per heavy atom. The largest absolute Gasteiger partial charge is 0.478 e. The van der Waals surface area contributed by atoms with Crippen LogP contribution in [-0.2, 0) is 10.0 Å². The van der Waals surface area contributed by atoms with E-state index in [0.717, 1.165) is 12.8 Å². The van der Waals surface area contributed by atoms with Gasteiger partial charge in [-0.05, 0) is 19.8 Å². The van der Waals surface area contributed by atoms with Crippen LogP contribution in [-0.4, -0.2) is 29.7 Å². The van der Waals surface area contributed by atoms with E-state index in [1.54, 1.807) is 6.92 Å². The molecule has 0 bridgehead atoms. The van der Waals surface area contributed by atoms with E-state index in [1.165, 1.54) is 6.20 Å². The Bertz CT molecular complexity index is 556. The summed E-state index contributed by atoms with van der Waals surface area (Å²) in [6, 6.07) is 0. The molecule has 6 nitrogen and oxygen atoms in total. The molecule has 3 N–H and O–H groups in total. The zero-order chi connectivity index (χ0) is 13.3. The molecule has 0 aliphatic heterocycles. The van der Waals surface area contributed by atoms with Crippen LogP contribution in [0.15, 0.2) is 6.20 Å². The first-order valence-electron chi connectivity index (χ1n) is 5.84. The Labute approximate surface area is 105 Å². The van der Waals surface area contributed by atoms with E-state index in [-0.39, 0.29) is 11.3 Å². The molecule has 1 aliphatic rings. The summed E-state index contributed by atoms with van der Waals surface area (Å²) >= 11 is 0. The average Bonchev–Trinajstić information content (AvgIpc) is 2.87. The van der Waals surface area contributed by atoms with Crippen LogP contribution in [0.4, 0.5) is 5.69 Å². The highest BCUT2D eigenvalue weighted by Gasteiger charge is 2.30. The zero-order valence-corrected chi connectivity index (χ0v) is 10.9. The molecule has 1 saturated carbocycles. The summed E-state index contributed by atoms with van der Waals surface area (Å²) < 4.78 is 26.5. The standard InChI is InChI=1S/C11H16N2O4S/c1-7-10(11(14)15)9(6-12-7)13-18(16,17)8-4-2-3-5-8/h6,8,12-13H,2-5H2,1H3,(H,14,15). The number of aryl methyl sites for hydroxylation is 1. The number of carboxylic acids is 1. The molecule has 1 aromatic rings. The van der Waals surface area contributed by atoms with Crippen molar-refractivity contribution in [1.82, 2.24) is 4.98 Å². The summed E-state index contributed by atoms with van der Waals surface area (Å²) in [5.41, 5.74) is 0.537. The Morgan fingerprint density at radius 3 is 2.61 bits per heavy atom. The molecular formula is C11H16N2O4S. The normalized spacial score (nSPS) is 16.9. The van der Waals surface area contributed by atoms with Crippen LogP contribution < -0.4 is 4.72 Å². The van der Waals surface area contributed by atoms with Crippen LogP contribution in [0.2, 0.25) is 0 Å². The molecule has 0 unspecified atom stereocenters. The van der Waals surface area contributed by atoms with Crippen LogP contribution in [0.3, 0.4) is 0 Å². The molecule has 18 heavy (non-hydrogen) atoms. The summed E-state index contributed by atoms with van der Waals surface area (Å²) in [6.07, 6.45) is 4.47. The highest BCUT2D eigenvalue weighted by molar-refractivity contribution is 7.93. The summed E-state index contributed by atoms with van der Waals surface area (Å²) in [7, 11) is -3.49. The van der Waals surface area contributed by atoms with E-state index in [9.17, 15) is 13.2 Å². The summed E-state index contributed by atoms with van der Waals surface area (Å²) in [6.45, 7) is 1.59. The highest BCUT2D eigenvalue weighted by atomic mass is 32.2. The molecule has 2 rings (SSSR count). The number of H-pyrrole nitrogens is 1. The lowest BCUT2D eigenvalue weighted by molar-refractivity contribution is 0.0697. The highest BCUT2D eigenvalue weighted by Crippen LogP contribution is 2.28. The third kappa shape index (κ3) is 2.35. The van der Waals surface area contributed by atoms with Gasteiger partial charge in [0.15, 0.2) is 0 Å². The smallest absolute Gasteiger partial charge is 0.339 e. The molecule has 0 spiro atoms. The second-order valence-electron chi connectivity index (χ2n) is 4.56. The number of anilines is 1. The molecule has 0 saturated heterocycles. The van der Waals surface area contributed by atoms with Crippen molar-refractivity contribution in [2.45, 2.75) is 37.9 Å². The number of nitrogens with one attached hydrogen (secondary N) is 2. The molecule has 7 heteroatoms. The fourth-order valence-corrected chi connectivity index (χ4v) is 3.91. The number of carboxylic acid groups (broad SMARTS) is 1. The number of aromatic carboxylic acids is 1. The van der Waals surface area contributed by atoms with Crippen molar-refractivity contribution in [3.05, 3.63) is 17.5 Å². The van der Waals surface area contributed by atoms with Crippen molar-refractivity contribution >= 4 is 21.7 Å². The quantitative estimate of drug-likeness (QED) is 0.776. The van der Waals surface area contributed by atoms with Gasteiger partial charge in [-0.1, -0.05) is 12.8 Å². The van der Waals surface area contributed by atoms with E-state index < -0.39 is 21.2 Å². The van der Waals surface area contributed by atoms with Crippen molar-refractivity contribution in [3.63, 3.8) is 0 Å². The van der Waals surface area contributed by atoms with Gasteiger partial charge in [-0.2, -0.15) is 0 Å². The zero-order valence-electron chi connectivity index (χ0n) is 10.1. The van der Waals surface area contributed by atoms with Crippen LogP contribution in [0.25, 0.3) is 0 Å². The maximum absolute atomic E-state index is 12.1. The topological polar surface area (TPSA) is 99.3 Å². The fourth-order valence-electron chi connectivity index (χ4n) is 2.32.